The molecule has 0 aliphatic rings. The minimum atomic E-state index is -0.790. The molecule has 282 valence electrons. The standard InChI is InChI=1S/C42H56N2O8/c1-5-6-7-15-18-32(4)51-40-30-38(43)37(29-39(40)44(47)48)42(46)52-36-25-21-34(22-26-36)33-19-23-35(24-20-33)49-27-16-13-11-9-8-10-12-14-17-28-50-41(45)31(2)3/h19-26,29-30,32H,2,5-18,27-28,43H2,1,3-4H3/t32-/m1/s1. The molecule has 0 fully saturated rings. The third-order valence-electron chi connectivity index (χ3n) is 8.73. The summed E-state index contributed by atoms with van der Waals surface area (Å²) in [6.07, 6.45) is 14.9. The van der Waals surface area contributed by atoms with E-state index in [9.17, 15) is 19.7 Å². The highest BCUT2D eigenvalue weighted by atomic mass is 16.6. The fourth-order valence-corrected chi connectivity index (χ4v) is 5.67. The summed E-state index contributed by atoms with van der Waals surface area (Å²) < 4.78 is 22.4. The van der Waals surface area contributed by atoms with Crippen LogP contribution < -0.4 is 19.9 Å². The van der Waals surface area contributed by atoms with Crippen molar-refractivity contribution in [3.05, 3.63) is 88.5 Å². The molecule has 1 atom stereocenters. The minimum Gasteiger partial charge on any atom is -0.494 e. The van der Waals surface area contributed by atoms with Gasteiger partial charge in [-0.2, -0.15) is 0 Å². The third-order valence-corrected chi connectivity index (χ3v) is 8.73. The Hall–Kier alpha value is -4.86. The van der Waals surface area contributed by atoms with Crippen LogP contribution in [0.1, 0.15) is 121 Å². The Morgan fingerprint density at radius 2 is 1.33 bits per heavy atom. The topological polar surface area (TPSA) is 140 Å². The van der Waals surface area contributed by atoms with E-state index in [0.29, 0.717) is 18.8 Å². The molecule has 0 aliphatic carbocycles. The van der Waals surface area contributed by atoms with Crippen molar-refractivity contribution in [3.8, 4) is 28.4 Å². The van der Waals surface area contributed by atoms with Crippen LogP contribution in [-0.2, 0) is 9.53 Å². The van der Waals surface area contributed by atoms with Crippen molar-refractivity contribution in [2.75, 3.05) is 18.9 Å². The average Bonchev–Trinajstić information content (AvgIpc) is 3.12. The Morgan fingerprint density at radius 1 is 0.788 bits per heavy atom. The molecule has 10 heteroatoms. The van der Waals surface area contributed by atoms with Crippen molar-refractivity contribution in [2.24, 2.45) is 0 Å². The molecule has 0 saturated heterocycles. The summed E-state index contributed by atoms with van der Waals surface area (Å²) in [5, 5.41) is 11.8. The molecule has 0 radical (unpaired) electrons. The number of benzene rings is 3. The lowest BCUT2D eigenvalue weighted by Crippen LogP contribution is -2.15. The van der Waals surface area contributed by atoms with Gasteiger partial charge < -0.3 is 24.7 Å². The van der Waals surface area contributed by atoms with Crippen LogP contribution in [0.3, 0.4) is 0 Å². The van der Waals surface area contributed by atoms with E-state index >= 15 is 0 Å². The number of carbonyl (C=O) groups is 2. The van der Waals surface area contributed by atoms with E-state index in [1.54, 1.807) is 19.1 Å². The predicted molar refractivity (Wildman–Crippen MR) is 206 cm³/mol. The number of hydrogen-bond acceptors (Lipinski definition) is 9. The lowest BCUT2D eigenvalue weighted by Gasteiger charge is -2.16. The maximum Gasteiger partial charge on any atom is 0.345 e. The lowest BCUT2D eigenvalue weighted by atomic mass is 10.1. The molecule has 3 aromatic carbocycles. The molecule has 2 N–H and O–H groups in total. The van der Waals surface area contributed by atoms with Crippen LogP contribution in [0.5, 0.6) is 17.2 Å². The number of hydrogen-bond donors (Lipinski definition) is 1. The van der Waals surface area contributed by atoms with E-state index in [0.717, 1.165) is 87.2 Å². The summed E-state index contributed by atoms with van der Waals surface area (Å²) in [6, 6.07) is 17.3. The quantitative estimate of drug-likeness (QED) is 0.0172. The van der Waals surface area contributed by atoms with Crippen LogP contribution >= 0.6 is 0 Å². The monoisotopic (exact) mass is 716 g/mol. The van der Waals surface area contributed by atoms with Crippen LogP contribution in [0.2, 0.25) is 0 Å². The summed E-state index contributed by atoms with van der Waals surface area (Å²) in [7, 11) is 0. The summed E-state index contributed by atoms with van der Waals surface area (Å²) in [4.78, 5) is 35.6. The fourth-order valence-electron chi connectivity index (χ4n) is 5.67. The van der Waals surface area contributed by atoms with E-state index in [4.69, 9.17) is 24.7 Å². The fraction of sp³-hybridized carbons (Fsp3) is 0.476. The molecule has 0 heterocycles. The van der Waals surface area contributed by atoms with Crippen LogP contribution in [0.4, 0.5) is 11.4 Å². The van der Waals surface area contributed by atoms with Crippen molar-refractivity contribution in [1.82, 2.24) is 0 Å². The molecule has 52 heavy (non-hydrogen) atoms. The summed E-state index contributed by atoms with van der Waals surface area (Å²) in [6.45, 7) is 10.4. The normalized spacial score (nSPS) is 11.4. The largest absolute Gasteiger partial charge is 0.494 e. The number of nitrogen functional groups attached to an aromatic ring is 1. The second-order valence-electron chi connectivity index (χ2n) is 13.3. The molecule has 0 aliphatic heterocycles. The number of nitro benzene ring substituents is 1. The summed E-state index contributed by atoms with van der Waals surface area (Å²) in [5.41, 5.74) is 8.11. The van der Waals surface area contributed by atoms with Gasteiger partial charge >= 0.3 is 17.6 Å². The van der Waals surface area contributed by atoms with Gasteiger partial charge in [0.25, 0.3) is 0 Å². The van der Waals surface area contributed by atoms with Gasteiger partial charge in [0, 0.05) is 17.7 Å². The highest BCUT2D eigenvalue weighted by molar-refractivity contribution is 5.98. The number of unbranched alkanes of at least 4 members (excludes halogenated alkanes) is 11. The number of ether oxygens (including phenoxy) is 4. The molecule has 0 unspecified atom stereocenters. The number of rotatable bonds is 25. The maximum absolute atomic E-state index is 13.0. The molecule has 3 rings (SSSR count). The Kier molecular flexibility index (Phi) is 18.3. The van der Waals surface area contributed by atoms with Crippen molar-refractivity contribution >= 4 is 23.3 Å². The third kappa shape index (κ3) is 14.8. The zero-order valence-corrected chi connectivity index (χ0v) is 31.2. The number of esters is 2. The van der Waals surface area contributed by atoms with E-state index in [1.165, 1.54) is 31.7 Å². The highest BCUT2D eigenvalue weighted by Gasteiger charge is 2.24. The van der Waals surface area contributed by atoms with Crippen LogP contribution in [0.15, 0.2) is 72.8 Å². The zero-order valence-electron chi connectivity index (χ0n) is 31.2. The van der Waals surface area contributed by atoms with Crippen molar-refractivity contribution in [1.29, 1.82) is 0 Å². The Labute approximate surface area is 308 Å². The van der Waals surface area contributed by atoms with Gasteiger partial charge in [-0.15, -0.1) is 0 Å². The first kappa shape index (κ1) is 41.6. The summed E-state index contributed by atoms with van der Waals surface area (Å²) >= 11 is 0. The Bertz CT molecular complexity index is 1570. The van der Waals surface area contributed by atoms with Crippen molar-refractivity contribution in [2.45, 2.75) is 117 Å². The number of nitro groups is 1. The number of nitrogens with zero attached hydrogens (tertiary/aromatic N) is 1. The van der Waals surface area contributed by atoms with Gasteiger partial charge in [0.05, 0.1) is 35.5 Å². The second kappa shape index (κ2) is 22.9. The minimum absolute atomic E-state index is 0.0375. The molecule has 3 aromatic rings. The lowest BCUT2D eigenvalue weighted by molar-refractivity contribution is -0.386. The molecule has 0 saturated carbocycles. The molecular formula is C42H56N2O8. The molecular weight excluding hydrogens is 660 g/mol. The van der Waals surface area contributed by atoms with E-state index < -0.39 is 10.9 Å². The SMILES string of the molecule is C=C(C)C(=O)OCCCCCCCCCCCOc1ccc(-c2ccc(OC(=O)c3cc([N+](=O)[O-])c(O[C@H](C)CCCCCC)cc3N)cc2)cc1. The first-order valence-corrected chi connectivity index (χ1v) is 18.7. The average molecular weight is 717 g/mol. The van der Waals surface area contributed by atoms with E-state index in [2.05, 4.69) is 13.5 Å². The number of carbonyl (C=O) groups excluding carboxylic acids is 2. The molecule has 0 aromatic heterocycles. The Balaban J connectivity index is 1.38. The van der Waals surface area contributed by atoms with Gasteiger partial charge in [0.15, 0.2) is 5.75 Å². The van der Waals surface area contributed by atoms with Crippen LogP contribution in [0, 0.1) is 10.1 Å². The first-order valence-electron chi connectivity index (χ1n) is 18.7. The van der Waals surface area contributed by atoms with Crippen molar-refractivity contribution in [3.63, 3.8) is 0 Å². The van der Waals surface area contributed by atoms with E-state index in [1.807, 2.05) is 43.3 Å². The van der Waals surface area contributed by atoms with Gasteiger partial charge in [-0.25, -0.2) is 9.59 Å². The van der Waals surface area contributed by atoms with E-state index in [-0.39, 0.29) is 40.5 Å². The van der Waals surface area contributed by atoms with Gasteiger partial charge in [-0.1, -0.05) is 102 Å². The number of anilines is 1. The molecule has 10 nitrogen and oxygen atoms in total. The first-order chi connectivity index (χ1) is 25.1. The highest BCUT2D eigenvalue weighted by Crippen LogP contribution is 2.34. The van der Waals surface area contributed by atoms with Gasteiger partial charge in [-0.05, 0) is 74.9 Å². The predicted octanol–water partition coefficient (Wildman–Crippen LogP) is 10.8. The number of nitrogens with two attached hydrogens (primary N) is 1. The Morgan fingerprint density at radius 3 is 1.88 bits per heavy atom. The van der Waals surface area contributed by atoms with Gasteiger partial charge in [0.1, 0.15) is 11.5 Å². The molecule has 0 spiro atoms. The second-order valence-corrected chi connectivity index (χ2v) is 13.3. The smallest absolute Gasteiger partial charge is 0.345 e. The maximum atomic E-state index is 13.0. The van der Waals surface area contributed by atoms with Crippen LogP contribution in [0.25, 0.3) is 11.1 Å². The molecule has 0 bridgehead atoms. The summed E-state index contributed by atoms with van der Waals surface area (Å²) in [5.74, 6) is 0.0425. The van der Waals surface area contributed by atoms with Crippen LogP contribution in [-0.4, -0.2) is 36.2 Å². The molecule has 0 amide bonds. The van der Waals surface area contributed by atoms with Gasteiger partial charge in [0.2, 0.25) is 0 Å². The van der Waals surface area contributed by atoms with Crippen molar-refractivity contribution < 1.29 is 33.5 Å². The zero-order chi connectivity index (χ0) is 37.7. The van der Waals surface area contributed by atoms with Gasteiger partial charge in [-0.3, -0.25) is 10.1 Å².